The molecule has 0 heterocycles. The summed E-state index contributed by atoms with van der Waals surface area (Å²) < 4.78 is 10.3. The standard InChI is InChI=1S/C12H12O4/c1-3-7-16-8-10-9(12(13)14)5-4-6-11(10)15-2/h1,3-6H,7-8H2,2H3/p+1. The van der Waals surface area contributed by atoms with Crippen LogP contribution in [0.5, 0.6) is 5.75 Å². The summed E-state index contributed by atoms with van der Waals surface area (Å²) in [4.78, 5) is 11.0. The fourth-order valence-corrected chi connectivity index (χ4v) is 1.34. The summed E-state index contributed by atoms with van der Waals surface area (Å²) in [6.45, 7) is 5.58. The second kappa shape index (κ2) is 5.85. The van der Waals surface area contributed by atoms with E-state index in [-0.39, 0.29) is 18.8 Å². The van der Waals surface area contributed by atoms with E-state index in [1.807, 2.05) is 0 Å². The molecule has 1 rings (SSSR count). The van der Waals surface area contributed by atoms with Crippen LogP contribution in [0.1, 0.15) is 15.9 Å². The maximum Gasteiger partial charge on any atom is 0.336 e. The van der Waals surface area contributed by atoms with Crippen molar-refractivity contribution in [2.24, 2.45) is 0 Å². The zero-order chi connectivity index (χ0) is 12.0. The van der Waals surface area contributed by atoms with Crippen LogP contribution in [-0.4, -0.2) is 24.8 Å². The molecule has 0 aliphatic heterocycles. The molecular weight excluding hydrogens is 208 g/mol. The molecule has 84 valence electrons. The zero-order valence-corrected chi connectivity index (χ0v) is 8.97. The fourth-order valence-electron chi connectivity index (χ4n) is 1.34. The third-order valence-electron chi connectivity index (χ3n) is 2.04. The van der Waals surface area contributed by atoms with Gasteiger partial charge in [0, 0.05) is 5.56 Å². The molecule has 0 saturated carbocycles. The molecule has 0 saturated heterocycles. The average molecular weight is 221 g/mol. The molecule has 0 radical (unpaired) electrons. The number of ether oxygens (including phenoxy) is 2. The topological polar surface area (TPSA) is 55.8 Å². The van der Waals surface area contributed by atoms with E-state index >= 15 is 0 Å². The zero-order valence-electron chi connectivity index (χ0n) is 8.97. The van der Waals surface area contributed by atoms with Crippen LogP contribution in [0.2, 0.25) is 0 Å². The van der Waals surface area contributed by atoms with Gasteiger partial charge in [0.1, 0.15) is 12.4 Å². The van der Waals surface area contributed by atoms with Crippen molar-refractivity contribution in [2.45, 2.75) is 6.61 Å². The molecule has 0 fully saturated rings. The van der Waals surface area contributed by atoms with Crippen molar-refractivity contribution in [3.8, 4) is 5.75 Å². The number of aromatic carboxylic acids is 1. The van der Waals surface area contributed by atoms with Crippen molar-refractivity contribution in [3.05, 3.63) is 42.0 Å². The molecule has 0 aliphatic carbocycles. The van der Waals surface area contributed by atoms with E-state index in [0.29, 0.717) is 11.3 Å². The second-order valence-corrected chi connectivity index (χ2v) is 3.04. The van der Waals surface area contributed by atoms with Crippen LogP contribution in [0.4, 0.5) is 0 Å². The first kappa shape index (κ1) is 12.2. The van der Waals surface area contributed by atoms with Gasteiger partial charge in [0.2, 0.25) is 6.58 Å². The number of carboxylic acid groups (broad SMARTS) is 1. The molecule has 0 aromatic heterocycles. The first-order valence-electron chi connectivity index (χ1n) is 4.71. The lowest BCUT2D eigenvalue weighted by Gasteiger charge is -2.10. The summed E-state index contributed by atoms with van der Waals surface area (Å²) in [6.07, 6.45) is 1.36. The van der Waals surface area contributed by atoms with Gasteiger partial charge in [-0.05, 0) is 12.1 Å². The van der Waals surface area contributed by atoms with E-state index < -0.39 is 5.97 Å². The van der Waals surface area contributed by atoms with Gasteiger partial charge in [0.25, 0.3) is 0 Å². The highest BCUT2D eigenvalue weighted by Crippen LogP contribution is 2.23. The third-order valence-corrected chi connectivity index (χ3v) is 2.04. The number of hydrogen-bond acceptors (Lipinski definition) is 3. The van der Waals surface area contributed by atoms with Gasteiger partial charge in [-0.15, -0.1) is 0 Å². The number of hydrogen-bond donors (Lipinski definition) is 1. The summed E-state index contributed by atoms with van der Waals surface area (Å²) in [5.41, 5.74) is 0.690. The van der Waals surface area contributed by atoms with E-state index in [4.69, 9.17) is 21.2 Å². The highest BCUT2D eigenvalue weighted by Gasteiger charge is 2.14. The Balaban J connectivity index is 2.99. The summed E-state index contributed by atoms with van der Waals surface area (Å²) >= 11 is 0. The van der Waals surface area contributed by atoms with Gasteiger partial charge >= 0.3 is 5.97 Å². The number of carbonyl (C=O) groups is 1. The lowest BCUT2D eigenvalue weighted by atomic mass is 10.1. The van der Waals surface area contributed by atoms with E-state index in [2.05, 4.69) is 0 Å². The quantitative estimate of drug-likeness (QED) is 0.588. The van der Waals surface area contributed by atoms with E-state index in [1.165, 1.54) is 19.3 Å². The summed E-state index contributed by atoms with van der Waals surface area (Å²) in [6, 6.07) is 4.83. The Morgan fingerprint density at radius 1 is 1.56 bits per heavy atom. The Labute approximate surface area is 94.1 Å². The van der Waals surface area contributed by atoms with Crippen LogP contribution in [0, 0.1) is 6.58 Å². The Hall–Kier alpha value is -1.90. The Bertz CT molecular complexity index is 385. The third kappa shape index (κ3) is 2.79. The maximum atomic E-state index is 11.0. The van der Waals surface area contributed by atoms with Gasteiger partial charge in [0.05, 0.1) is 19.3 Å². The molecule has 4 heteroatoms. The van der Waals surface area contributed by atoms with Gasteiger partial charge in [-0.3, -0.25) is 0 Å². The number of rotatable bonds is 6. The molecule has 0 amide bonds. The molecule has 0 atom stereocenters. The molecule has 1 aromatic carbocycles. The minimum Gasteiger partial charge on any atom is -0.496 e. The summed E-state index contributed by atoms with van der Waals surface area (Å²) in [5, 5.41) is 9.00. The molecular formula is C12H13O4+. The molecule has 0 aliphatic rings. The maximum absolute atomic E-state index is 11.0. The van der Waals surface area contributed by atoms with Crippen LogP contribution in [-0.2, 0) is 11.3 Å². The van der Waals surface area contributed by atoms with Crippen molar-refractivity contribution in [1.29, 1.82) is 0 Å². The van der Waals surface area contributed by atoms with Crippen LogP contribution in [0.25, 0.3) is 0 Å². The van der Waals surface area contributed by atoms with Crippen molar-refractivity contribution in [3.63, 3.8) is 0 Å². The molecule has 4 nitrogen and oxygen atoms in total. The minimum atomic E-state index is -1.01. The lowest BCUT2D eigenvalue weighted by Crippen LogP contribution is -2.06. The molecule has 0 unspecified atom stereocenters. The highest BCUT2D eigenvalue weighted by molar-refractivity contribution is 5.90. The van der Waals surface area contributed by atoms with Crippen molar-refractivity contribution in [1.82, 2.24) is 0 Å². The normalized spacial score (nSPS) is 9.75. The predicted octanol–water partition coefficient (Wildman–Crippen LogP) is 1.90. The SMILES string of the molecule is [CH+]=CCOCc1c(OC)cccc1C(=O)O. The van der Waals surface area contributed by atoms with Crippen molar-refractivity contribution >= 4 is 5.97 Å². The highest BCUT2D eigenvalue weighted by atomic mass is 16.5. The Kier molecular flexibility index (Phi) is 4.45. The predicted molar refractivity (Wildman–Crippen MR) is 58.5 cm³/mol. The van der Waals surface area contributed by atoms with Gasteiger partial charge in [-0.1, -0.05) is 6.07 Å². The summed E-state index contributed by atoms with van der Waals surface area (Å²) in [7, 11) is 1.49. The van der Waals surface area contributed by atoms with Crippen LogP contribution in [0.15, 0.2) is 24.3 Å². The molecule has 0 bridgehead atoms. The molecule has 16 heavy (non-hydrogen) atoms. The molecule has 1 N–H and O–H groups in total. The molecule has 1 aromatic rings. The van der Waals surface area contributed by atoms with Crippen molar-refractivity contribution < 1.29 is 19.4 Å². The lowest BCUT2D eigenvalue weighted by molar-refractivity contribution is 0.0689. The second-order valence-electron chi connectivity index (χ2n) is 3.04. The van der Waals surface area contributed by atoms with E-state index in [9.17, 15) is 4.79 Å². The van der Waals surface area contributed by atoms with Crippen LogP contribution >= 0.6 is 0 Å². The largest absolute Gasteiger partial charge is 0.496 e. The van der Waals surface area contributed by atoms with Crippen molar-refractivity contribution in [2.75, 3.05) is 13.7 Å². The van der Waals surface area contributed by atoms with Gasteiger partial charge in [-0.2, -0.15) is 0 Å². The van der Waals surface area contributed by atoms with Gasteiger partial charge in [-0.25, -0.2) is 4.79 Å². The monoisotopic (exact) mass is 221 g/mol. The number of benzene rings is 1. The first-order valence-corrected chi connectivity index (χ1v) is 4.71. The average Bonchev–Trinajstić information content (AvgIpc) is 2.29. The smallest absolute Gasteiger partial charge is 0.336 e. The van der Waals surface area contributed by atoms with Gasteiger partial charge in [0.15, 0.2) is 6.08 Å². The Morgan fingerprint density at radius 3 is 2.88 bits per heavy atom. The Morgan fingerprint density at radius 2 is 2.31 bits per heavy atom. The number of carboxylic acids is 1. The fraction of sp³-hybridized carbons (Fsp3) is 0.250. The van der Waals surface area contributed by atoms with E-state index in [1.54, 1.807) is 12.1 Å². The molecule has 0 spiro atoms. The number of methoxy groups -OCH3 is 1. The minimum absolute atomic E-state index is 0.152. The first-order chi connectivity index (χ1) is 7.70. The van der Waals surface area contributed by atoms with E-state index in [0.717, 1.165) is 0 Å². The summed E-state index contributed by atoms with van der Waals surface area (Å²) in [5.74, 6) is -0.508. The van der Waals surface area contributed by atoms with Crippen LogP contribution in [0.3, 0.4) is 0 Å². The van der Waals surface area contributed by atoms with Gasteiger partial charge < -0.3 is 14.6 Å². The van der Waals surface area contributed by atoms with Crippen LogP contribution < -0.4 is 4.74 Å².